The number of thiophene rings is 1. The fourth-order valence-electron chi connectivity index (χ4n) is 2.38. The summed E-state index contributed by atoms with van der Waals surface area (Å²) in [5.41, 5.74) is 7.05. The lowest BCUT2D eigenvalue weighted by atomic mass is 10.0. The van der Waals surface area contributed by atoms with Gasteiger partial charge in [0.15, 0.2) is 0 Å². The first-order valence-corrected chi connectivity index (χ1v) is 7.43. The zero-order valence-corrected chi connectivity index (χ0v) is 12.0. The largest absolute Gasteiger partial charge is 0.323 e. The van der Waals surface area contributed by atoms with Gasteiger partial charge in [0, 0.05) is 27.2 Å². The number of benzene rings is 2. The van der Waals surface area contributed by atoms with Crippen molar-refractivity contribution >= 4 is 27.1 Å². The molecule has 0 saturated heterocycles. The van der Waals surface area contributed by atoms with Crippen LogP contribution in [0, 0.1) is 10.1 Å². The van der Waals surface area contributed by atoms with Crippen LogP contribution in [0.4, 0.5) is 5.69 Å². The summed E-state index contributed by atoms with van der Waals surface area (Å²) < 4.78 is 1.19. The summed E-state index contributed by atoms with van der Waals surface area (Å²) in [7, 11) is 0. The summed E-state index contributed by atoms with van der Waals surface area (Å²) in [6, 6.07) is 16.7. The maximum atomic E-state index is 11.0. The van der Waals surface area contributed by atoms with Gasteiger partial charge in [0.1, 0.15) is 0 Å². The molecule has 0 aliphatic carbocycles. The van der Waals surface area contributed by atoms with E-state index in [1.165, 1.54) is 10.8 Å². The third-order valence-corrected chi connectivity index (χ3v) is 4.69. The monoisotopic (exact) mass is 298 g/mol. The normalized spacial score (nSPS) is 12.4. The molecule has 0 bridgehead atoms. The molecule has 1 unspecified atom stereocenters. The highest BCUT2D eigenvalue weighted by atomic mass is 32.1. The topological polar surface area (TPSA) is 69.2 Å². The second-order valence-corrected chi connectivity index (χ2v) is 6.00. The number of nitrogens with two attached hydrogens (primary N) is 1. The first kappa shape index (κ1) is 13.7. The minimum absolute atomic E-state index is 0.133. The van der Waals surface area contributed by atoms with Crippen LogP contribution in [0.25, 0.3) is 10.1 Å². The minimum Gasteiger partial charge on any atom is -0.323 e. The van der Waals surface area contributed by atoms with Gasteiger partial charge < -0.3 is 5.73 Å². The van der Waals surface area contributed by atoms with Crippen molar-refractivity contribution in [2.45, 2.75) is 12.5 Å². The van der Waals surface area contributed by atoms with Crippen molar-refractivity contribution in [1.82, 2.24) is 0 Å². The molecule has 2 N–H and O–H groups in total. The quantitative estimate of drug-likeness (QED) is 0.583. The second kappa shape index (κ2) is 5.63. The van der Waals surface area contributed by atoms with Gasteiger partial charge in [-0.25, -0.2) is 0 Å². The van der Waals surface area contributed by atoms with Gasteiger partial charge in [-0.05, 0) is 23.9 Å². The number of hydrogen-bond donors (Lipinski definition) is 1. The predicted molar refractivity (Wildman–Crippen MR) is 85.6 cm³/mol. The van der Waals surface area contributed by atoms with Gasteiger partial charge >= 0.3 is 0 Å². The summed E-state index contributed by atoms with van der Waals surface area (Å²) in [5, 5.41) is 12.2. The molecule has 0 saturated carbocycles. The van der Waals surface area contributed by atoms with E-state index in [4.69, 9.17) is 5.73 Å². The molecule has 4 nitrogen and oxygen atoms in total. The molecule has 3 aromatic rings. The maximum Gasteiger partial charge on any atom is 0.272 e. The summed E-state index contributed by atoms with van der Waals surface area (Å²) in [4.78, 5) is 11.7. The molecule has 0 radical (unpaired) electrons. The van der Waals surface area contributed by atoms with E-state index in [0.717, 1.165) is 10.3 Å². The van der Waals surface area contributed by atoms with E-state index in [1.807, 2.05) is 18.2 Å². The van der Waals surface area contributed by atoms with Gasteiger partial charge in [0.05, 0.1) is 4.92 Å². The van der Waals surface area contributed by atoms with Crippen molar-refractivity contribution in [3.05, 3.63) is 75.2 Å². The van der Waals surface area contributed by atoms with Gasteiger partial charge in [0.25, 0.3) is 5.69 Å². The first-order valence-electron chi connectivity index (χ1n) is 6.61. The standard InChI is InChI=1S/C16H14N2O2S/c17-13(9-11-5-1-3-7-14(11)18(19)20)16-10-12-6-2-4-8-15(12)21-16/h1-8,10,13H,9,17H2. The second-order valence-electron chi connectivity index (χ2n) is 4.88. The summed E-state index contributed by atoms with van der Waals surface area (Å²) in [5.74, 6) is 0. The van der Waals surface area contributed by atoms with Crippen LogP contribution < -0.4 is 5.73 Å². The lowest BCUT2D eigenvalue weighted by Gasteiger charge is -2.09. The fraction of sp³-hybridized carbons (Fsp3) is 0.125. The lowest BCUT2D eigenvalue weighted by Crippen LogP contribution is -2.12. The Morgan fingerprint density at radius 2 is 1.86 bits per heavy atom. The van der Waals surface area contributed by atoms with Crippen molar-refractivity contribution in [1.29, 1.82) is 0 Å². The fourth-order valence-corrected chi connectivity index (χ4v) is 3.45. The van der Waals surface area contributed by atoms with Crippen LogP contribution in [-0.4, -0.2) is 4.92 Å². The van der Waals surface area contributed by atoms with Crippen LogP contribution in [-0.2, 0) is 6.42 Å². The van der Waals surface area contributed by atoms with E-state index in [-0.39, 0.29) is 16.7 Å². The van der Waals surface area contributed by atoms with Gasteiger partial charge in [-0.3, -0.25) is 10.1 Å². The highest BCUT2D eigenvalue weighted by Crippen LogP contribution is 2.31. The van der Waals surface area contributed by atoms with Crippen LogP contribution >= 0.6 is 11.3 Å². The highest BCUT2D eigenvalue weighted by Gasteiger charge is 2.17. The van der Waals surface area contributed by atoms with Gasteiger partial charge in [-0.1, -0.05) is 36.4 Å². The molecule has 0 aliphatic rings. The van der Waals surface area contributed by atoms with E-state index in [1.54, 1.807) is 29.5 Å². The maximum absolute atomic E-state index is 11.0. The molecule has 5 heteroatoms. The summed E-state index contributed by atoms with van der Waals surface area (Å²) in [6.45, 7) is 0. The van der Waals surface area contributed by atoms with Crippen molar-refractivity contribution < 1.29 is 4.92 Å². The Balaban J connectivity index is 1.89. The Morgan fingerprint density at radius 3 is 2.62 bits per heavy atom. The smallest absolute Gasteiger partial charge is 0.272 e. The third-order valence-electron chi connectivity index (χ3n) is 3.44. The average molecular weight is 298 g/mol. The Hall–Kier alpha value is -2.24. The van der Waals surface area contributed by atoms with Crippen LogP contribution in [0.5, 0.6) is 0 Å². The number of rotatable bonds is 4. The number of fused-ring (bicyclic) bond motifs is 1. The number of nitrogens with zero attached hydrogens (tertiary/aromatic N) is 1. The molecular weight excluding hydrogens is 284 g/mol. The predicted octanol–water partition coefficient (Wildman–Crippen LogP) is 4.05. The molecule has 106 valence electrons. The molecule has 0 amide bonds. The van der Waals surface area contributed by atoms with Gasteiger partial charge in [-0.15, -0.1) is 11.3 Å². The third kappa shape index (κ3) is 2.79. The Labute approximate surface area is 126 Å². The van der Waals surface area contributed by atoms with Crippen LogP contribution in [0.1, 0.15) is 16.5 Å². The molecule has 1 heterocycles. The van der Waals surface area contributed by atoms with E-state index in [2.05, 4.69) is 12.1 Å². The number of para-hydroxylation sites is 1. The van der Waals surface area contributed by atoms with E-state index >= 15 is 0 Å². The highest BCUT2D eigenvalue weighted by molar-refractivity contribution is 7.19. The number of nitro groups is 1. The summed E-state index contributed by atoms with van der Waals surface area (Å²) >= 11 is 1.64. The lowest BCUT2D eigenvalue weighted by molar-refractivity contribution is -0.385. The molecule has 0 spiro atoms. The van der Waals surface area contributed by atoms with E-state index in [0.29, 0.717) is 12.0 Å². The molecule has 2 aromatic carbocycles. The minimum atomic E-state index is -0.354. The van der Waals surface area contributed by atoms with Crippen LogP contribution in [0.15, 0.2) is 54.6 Å². The Bertz CT molecular complexity index is 765. The molecule has 21 heavy (non-hydrogen) atoms. The molecule has 1 atom stereocenters. The summed E-state index contributed by atoms with van der Waals surface area (Å²) in [6.07, 6.45) is 0.462. The van der Waals surface area contributed by atoms with Crippen LogP contribution in [0.3, 0.4) is 0 Å². The number of hydrogen-bond acceptors (Lipinski definition) is 4. The Morgan fingerprint density at radius 1 is 1.14 bits per heavy atom. The Kier molecular flexibility index (Phi) is 3.68. The molecular formula is C16H14N2O2S. The van der Waals surface area contributed by atoms with Crippen molar-refractivity contribution in [2.24, 2.45) is 5.73 Å². The van der Waals surface area contributed by atoms with Gasteiger partial charge in [-0.2, -0.15) is 0 Å². The van der Waals surface area contributed by atoms with E-state index < -0.39 is 0 Å². The van der Waals surface area contributed by atoms with Crippen molar-refractivity contribution in [2.75, 3.05) is 0 Å². The molecule has 3 rings (SSSR count). The zero-order valence-electron chi connectivity index (χ0n) is 11.2. The average Bonchev–Trinajstić information content (AvgIpc) is 2.91. The molecule has 0 fully saturated rings. The van der Waals surface area contributed by atoms with Gasteiger partial charge in [0.2, 0.25) is 0 Å². The van der Waals surface area contributed by atoms with E-state index in [9.17, 15) is 10.1 Å². The molecule has 1 aromatic heterocycles. The SMILES string of the molecule is NC(Cc1ccccc1[N+](=O)[O-])c1cc2ccccc2s1. The van der Waals surface area contributed by atoms with Crippen molar-refractivity contribution in [3.63, 3.8) is 0 Å². The zero-order chi connectivity index (χ0) is 14.8. The van der Waals surface area contributed by atoms with Crippen LogP contribution in [0.2, 0.25) is 0 Å². The van der Waals surface area contributed by atoms with Crippen molar-refractivity contribution in [3.8, 4) is 0 Å². The number of nitro benzene ring substituents is 1. The molecule has 0 aliphatic heterocycles. The first-order chi connectivity index (χ1) is 10.1.